The molecule has 0 saturated heterocycles. The molecule has 1 N–H and O–H groups in total. The minimum Gasteiger partial charge on any atom is -0.380 e. The predicted octanol–water partition coefficient (Wildman–Crippen LogP) is 3.62. The molecule has 0 bridgehead atoms. The first-order chi connectivity index (χ1) is 7.73. The van der Waals surface area contributed by atoms with Crippen molar-refractivity contribution in [2.24, 2.45) is 0 Å². The van der Waals surface area contributed by atoms with E-state index in [0.717, 1.165) is 6.54 Å². The summed E-state index contributed by atoms with van der Waals surface area (Å²) in [5.74, 6) is 0. The van der Waals surface area contributed by atoms with Crippen LogP contribution in [0.5, 0.6) is 0 Å². The topological polar surface area (TPSA) is 15.3 Å². The molecule has 1 aromatic rings. The van der Waals surface area contributed by atoms with Gasteiger partial charge in [0, 0.05) is 18.1 Å². The Morgan fingerprint density at radius 1 is 1.31 bits per heavy atom. The maximum Gasteiger partial charge on any atom is 0.0723 e. The average molecular weight is 281 g/mol. The van der Waals surface area contributed by atoms with Crippen LogP contribution in [0, 0.1) is 0 Å². The molecule has 0 atom stereocenters. The first kappa shape index (κ1) is 10.5. The number of halogens is 1. The van der Waals surface area contributed by atoms with Gasteiger partial charge in [0.2, 0.25) is 0 Å². The van der Waals surface area contributed by atoms with Gasteiger partial charge in [-0.3, -0.25) is 0 Å². The van der Waals surface area contributed by atoms with Gasteiger partial charge in [0.15, 0.2) is 0 Å². The summed E-state index contributed by atoms with van der Waals surface area (Å²) in [5, 5.41) is 3.61. The van der Waals surface area contributed by atoms with E-state index in [0.29, 0.717) is 5.54 Å². The van der Waals surface area contributed by atoms with Crippen molar-refractivity contribution in [1.29, 1.82) is 0 Å². The highest BCUT2D eigenvalue weighted by Crippen LogP contribution is 2.45. The predicted molar refractivity (Wildman–Crippen MR) is 72.2 cm³/mol. The second-order valence-electron chi connectivity index (χ2n) is 4.98. The van der Waals surface area contributed by atoms with E-state index >= 15 is 0 Å². The summed E-state index contributed by atoms with van der Waals surface area (Å²) in [6, 6.07) is 6.44. The van der Waals surface area contributed by atoms with Crippen LogP contribution in [-0.2, 0) is 0 Å². The van der Waals surface area contributed by atoms with E-state index in [4.69, 9.17) is 0 Å². The van der Waals surface area contributed by atoms with Crippen LogP contribution in [-0.4, -0.2) is 19.1 Å². The smallest absolute Gasteiger partial charge is 0.0723 e. The number of likely N-dealkylation sites (N-methyl/N-ethyl adjacent to an activating group) is 1. The summed E-state index contributed by atoms with van der Waals surface area (Å²) >= 11 is 3.62. The van der Waals surface area contributed by atoms with Crippen LogP contribution in [0.25, 0.3) is 0 Å². The van der Waals surface area contributed by atoms with Crippen LogP contribution in [0.2, 0.25) is 0 Å². The summed E-state index contributed by atoms with van der Waals surface area (Å²) in [6.07, 6.45) is 5.38. The minimum absolute atomic E-state index is 0.369. The van der Waals surface area contributed by atoms with E-state index in [1.807, 2.05) is 0 Å². The standard InChI is InChI=1S/C13H17BrN2/c1-16-11-6-4-5-10(14)12(11)15-9-13(16)7-2-3-8-13/h4-6,15H,2-3,7-9H2,1H3. The Morgan fingerprint density at radius 2 is 2.06 bits per heavy atom. The van der Waals surface area contributed by atoms with Gasteiger partial charge in [-0.2, -0.15) is 0 Å². The summed E-state index contributed by atoms with van der Waals surface area (Å²) in [5.41, 5.74) is 2.96. The molecule has 2 aliphatic rings. The first-order valence-electron chi connectivity index (χ1n) is 5.99. The maximum absolute atomic E-state index is 3.62. The van der Waals surface area contributed by atoms with E-state index in [1.54, 1.807) is 0 Å². The lowest BCUT2D eigenvalue weighted by Crippen LogP contribution is -2.52. The Balaban J connectivity index is 2.05. The number of rotatable bonds is 0. The number of fused-ring (bicyclic) bond motifs is 1. The van der Waals surface area contributed by atoms with Crippen molar-refractivity contribution >= 4 is 27.3 Å². The molecule has 1 saturated carbocycles. The molecule has 0 unspecified atom stereocenters. The van der Waals surface area contributed by atoms with Crippen molar-refractivity contribution in [3.05, 3.63) is 22.7 Å². The van der Waals surface area contributed by atoms with Gasteiger partial charge in [-0.15, -0.1) is 0 Å². The fraction of sp³-hybridized carbons (Fsp3) is 0.538. The Labute approximate surface area is 105 Å². The Hall–Kier alpha value is -0.700. The van der Waals surface area contributed by atoms with Crippen molar-refractivity contribution in [3.8, 4) is 0 Å². The van der Waals surface area contributed by atoms with Gasteiger partial charge >= 0.3 is 0 Å². The molecule has 0 radical (unpaired) electrons. The monoisotopic (exact) mass is 280 g/mol. The number of benzene rings is 1. The van der Waals surface area contributed by atoms with E-state index < -0.39 is 0 Å². The Morgan fingerprint density at radius 3 is 2.81 bits per heavy atom. The molecule has 86 valence electrons. The fourth-order valence-electron chi connectivity index (χ4n) is 3.14. The Bertz CT molecular complexity index is 410. The van der Waals surface area contributed by atoms with Crippen LogP contribution in [0.4, 0.5) is 11.4 Å². The number of hydrogen-bond acceptors (Lipinski definition) is 2. The third-order valence-electron chi connectivity index (χ3n) is 4.19. The molecule has 16 heavy (non-hydrogen) atoms. The molecule has 3 heteroatoms. The van der Waals surface area contributed by atoms with Crippen molar-refractivity contribution < 1.29 is 0 Å². The van der Waals surface area contributed by atoms with Crippen LogP contribution in [0.15, 0.2) is 22.7 Å². The van der Waals surface area contributed by atoms with Gasteiger partial charge in [-0.1, -0.05) is 18.9 Å². The molecule has 1 aliphatic carbocycles. The minimum atomic E-state index is 0.369. The average Bonchev–Trinajstić information content (AvgIpc) is 2.75. The number of para-hydroxylation sites is 1. The normalized spacial score (nSPS) is 22.0. The van der Waals surface area contributed by atoms with Crippen molar-refractivity contribution in [1.82, 2.24) is 0 Å². The van der Waals surface area contributed by atoms with Gasteiger partial charge in [0.1, 0.15) is 0 Å². The van der Waals surface area contributed by atoms with E-state index in [9.17, 15) is 0 Å². The highest BCUT2D eigenvalue weighted by Gasteiger charge is 2.41. The zero-order valence-electron chi connectivity index (χ0n) is 9.59. The van der Waals surface area contributed by atoms with E-state index in [1.165, 1.54) is 41.5 Å². The van der Waals surface area contributed by atoms with Gasteiger partial charge in [0.25, 0.3) is 0 Å². The largest absolute Gasteiger partial charge is 0.380 e. The SMILES string of the molecule is CN1c2cccc(Br)c2NCC12CCCC2. The number of nitrogens with one attached hydrogen (secondary N) is 1. The molecular formula is C13H17BrN2. The van der Waals surface area contributed by atoms with Crippen LogP contribution in [0.1, 0.15) is 25.7 Å². The molecule has 1 fully saturated rings. The van der Waals surface area contributed by atoms with E-state index in [-0.39, 0.29) is 0 Å². The summed E-state index contributed by atoms with van der Waals surface area (Å²) in [6.45, 7) is 1.08. The van der Waals surface area contributed by atoms with Gasteiger partial charge in [-0.25, -0.2) is 0 Å². The van der Waals surface area contributed by atoms with Crippen molar-refractivity contribution in [3.63, 3.8) is 0 Å². The summed E-state index contributed by atoms with van der Waals surface area (Å²) in [7, 11) is 2.25. The quantitative estimate of drug-likeness (QED) is 0.781. The van der Waals surface area contributed by atoms with Crippen LogP contribution < -0.4 is 10.2 Å². The number of hydrogen-bond donors (Lipinski definition) is 1. The molecular weight excluding hydrogens is 264 g/mol. The summed E-state index contributed by atoms with van der Waals surface area (Å²) < 4.78 is 1.17. The lowest BCUT2D eigenvalue weighted by atomic mass is 9.92. The zero-order valence-corrected chi connectivity index (χ0v) is 11.2. The molecule has 0 amide bonds. The molecule has 1 spiro atoms. The van der Waals surface area contributed by atoms with Crippen LogP contribution >= 0.6 is 15.9 Å². The molecule has 0 aromatic heterocycles. The third-order valence-corrected chi connectivity index (χ3v) is 4.85. The third kappa shape index (κ3) is 1.37. The molecule has 3 rings (SSSR count). The zero-order chi connectivity index (χ0) is 11.2. The van der Waals surface area contributed by atoms with E-state index in [2.05, 4.69) is 51.4 Å². The molecule has 1 heterocycles. The lowest BCUT2D eigenvalue weighted by molar-refractivity contribution is 0.429. The number of nitrogens with zero attached hydrogens (tertiary/aromatic N) is 1. The lowest BCUT2D eigenvalue weighted by Gasteiger charge is -2.46. The molecule has 1 aliphatic heterocycles. The summed E-state index contributed by atoms with van der Waals surface area (Å²) in [4.78, 5) is 2.50. The maximum atomic E-state index is 3.62. The Kier molecular flexibility index (Phi) is 2.39. The van der Waals surface area contributed by atoms with Gasteiger partial charge in [0.05, 0.1) is 16.9 Å². The van der Waals surface area contributed by atoms with Crippen molar-refractivity contribution in [2.75, 3.05) is 23.8 Å². The van der Waals surface area contributed by atoms with Gasteiger partial charge < -0.3 is 10.2 Å². The molecule has 1 aromatic carbocycles. The fourth-order valence-corrected chi connectivity index (χ4v) is 3.64. The first-order valence-corrected chi connectivity index (χ1v) is 6.78. The highest BCUT2D eigenvalue weighted by molar-refractivity contribution is 9.10. The highest BCUT2D eigenvalue weighted by atomic mass is 79.9. The second-order valence-corrected chi connectivity index (χ2v) is 5.83. The molecule has 2 nitrogen and oxygen atoms in total. The van der Waals surface area contributed by atoms with Crippen molar-refractivity contribution in [2.45, 2.75) is 31.2 Å². The second kappa shape index (κ2) is 3.66. The van der Waals surface area contributed by atoms with Gasteiger partial charge in [-0.05, 0) is 40.9 Å². The number of anilines is 2. The van der Waals surface area contributed by atoms with Crippen LogP contribution in [0.3, 0.4) is 0 Å².